The summed E-state index contributed by atoms with van der Waals surface area (Å²) in [5, 5.41) is 3.33. The third-order valence-electron chi connectivity index (χ3n) is 6.49. The summed E-state index contributed by atoms with van der Waals surface area (Å²) in [6.45, 7) is 7.25. The number of likely N-dealkylation sites (N-methyl/N-ethyl adjacent to an activating group) is 1. The van der Waals surface area contributed by atoms with Gasteiger partial charge in [0.2, 0.25) is 11.8 Å². The van der Waals surface area contributed by atoms with Crippen molar-refractivity contribution in [3.05, 3.63) is 88.4 Å². The first kappa shape index (κ1) is 31.0. The lowest BCUT2D eigenvalue weighted by Gasteiger charge is -2.33. The number of hydrogen-bond acceptors (Lipinski definition) is 5. The Kier molecular flexibility index (Phi) is 10.6. The number of benzene rings is 3. The summed E-state index contributed by atoms with van der Waals surface area (Å²) < 4.78 is 34.7. The van der Waals surface area contributed by atoms with Crippen molar-refractivity contribution in [2.45, 2.75) is 51.6 Å². The summed E-state index contributed by atoms with van der Waals surface area (Å²) in [6, 6.07) is 17.7. The fraction of sp³-hybridized carbons (Fsp3) is 0.333. The number of carbonyl (C=O) groups excluding carboxylic acids is 2. The van der Waals surface area contributed by atoms with Crippen LogP contribution in [0.25, 0.3) is 0 Å². The standard InChI is InChI=1S/C30H36ClN3O5S/c1-6-26(30(36)32-7-2)33(19-23-11-13-24(31)14-12-23)29(35)20-34(27-18-22(4)10-17-28(27)39-5)40(37,38)25-15-8-21(3)9-16-25/h8-18,26H,6-7,19-20H2,1-5H3,(H,32,36). The van der Waals surface area contributed by atoms with E-state index in [1.165, 1.54) is 24.1 Å². The van der Waals surface area contributed by atoms with Crippen molar-refractivity contribution in [2.24, 2.45) is 0 Å². The molecule has 3 aromatic carbocycles. The zero-order chi connectivity index (χ0) is 29.4. The van der Waals surface area contributed by atoms with Crippen LogP contribution in [-0.2, 0) is 26.2 Å². The summed E-state index contributed by atoms with van der Waals surface area (Å²) in [6.07, 6.45) is 0.337. The molecule has 10 heteroatoms. The predicted molar refractivity (Wildman–Crippen MR) is 158 cm³/mol. The summed E-state index contributed by atoms with van der Waals surface area (Å²) in [5.74, 6) is -0.546. The molecule has 8 nitrogen and oxygen atoms in total. The molecule has 1 atom stereocenters. The quantitative estimate of drug-likeness (QED) is 0.319. The van der Waals surface area contributed by atoms with Gasteiger partial charge in [0.05, 0.1) is 17.7 Å². The SMILES string of the molecule is CCNC(=O)C(CC)N(Cc1ccc(Cl)cc1)C(=O)CN(c1cc(C)ccc1OC)S(=O)(=O)c1ccc(C)cc1. The van der Waals surface area contributed by atoms with Crippen molar-refractivity contribution in [1.29, 1.82) is 0 Å². The van der Waals surface area contributed by atoms with Crippen LogP contribution >= 0.6 is 11.6 Å². The number of anilines is 1. The highest BCUT2D eigenvalue weighted by atomic mass is 35.5. The van der Waals surface area contributed by atoms with Crippen LogP contribution in [0.2, 0.25) is 5.02 Å². The molecule has 0 bridgehead atoms. The fourth-order valence-electron chi connectivity index (χ4n) is 4.34. The molecule has 0 saturated heterocycles. The van der Waals surface area contributed by atoms with Gasteiger partial charge in [-0.1, -0.05) is 54.4 Å². The smallest absolute Gasteiger partial charge is 0.264 e. The second-order valence-electron chi connectivity index (χ2n) is 9.47. The highest BCUT2D eigenvalue weighted by Gasteiger charge is 2.34. The van der Waals surface area contributed by atoms with Crippen LogP contribution in [0, 0.1) is 13.8 Å². The molecule has 0 saturated carbocycles. The third-order valence-corrected chi connectivity index (χ3v) is 8.52. The van der Waals surface area contributed by atoms with Gasteiger partial charge in [0.25, 0.3) is 10.0 Å². The first-order valence-electron chi connectivity index (χ1n) is 13.1. The number of aryl methyl sites for hydroxylation is 2. The second-order valence-corrected chi connectivity index (χ2v) is 11.8. The molecule has 3 rings (SSSR count). The van der Waals surface area contributed by atoms with Crippen molar-refractivity contribution in [3.8, 4) is 5.75 Å². The summed E-state index contributed by atoms with van der Waals surface area (Å²) in [7, 11) is -2.76. The number of nitrogens with zero attached hydrogens (tertiary/aromatic N) is 2. The number of methoxy groups -OCH3 is 1. The van der Waals surface area contributed by atoms with Crippen LogP contribution in [0.15, 0.2) is 71.6 Å². The van der Waals surface area contributed by atoms with E-state index >= 15 is 0 Å². The molecule has 0 fully saturated rings. The first-order valence-corrected chi connectivity index (χ1v) is 14.9. The highest BCUT2D eigenvalue weighted by molar-refractivity contribution is 7.92. The number of sulfonamides is 1. The van der Waals surface area contributed by atoms with Gasteiger partial charge >= 0.3 is 0 Å². The van der Waals surface area contributed by atoms with Gasteiger partial charge in [0.1, 0.15) is 18.3 Å². The van der Waals surface area contributed by atoms with E-state index in [0.29, 0.717) is 23.7 Å². The molecule has 1 unspecified atom stereocenters. The Morgan fingerprint density at radius 2 is 1.57 bits per heavy atom. The Bertz CT molecular complexity index is 1430. The van der Waals surface area contributed by atoms with Crippen molar-refractivity contribution < 1.29 is 22.7 Å². The molecule has 40 heavy (non-hydrogen) atoms. The van der Waals surface area contributed by atoms with Gasteiger partial charge in [-0.25, -0.2) is 8.42 Å². The Morgan fingerprint density at radius 3 is 2.15 bits per heavy atom. The van der Waals surface area contributed by atoms with Crippen LogP contribution in [0.1, 0.15) is 37.0 Å². The summed E-state index contributed by atoms with van der Waals surface area (Å²) in [5.41, 5.74) is 2.67. The Balaban J connectivity index is 2.12. The van der Waals surface area contributed by atoms with Gasteiger partial charge in [-0.2, -0.15) is 0 Å². The van der Waals surface area contributed by atoms with E-state index in [1.807, 2.05) is 20.8 Å². The van der Waals surface area contributed by atoms with E-state index in [9.17, 15) is 18.0 Å². The zero-order valence-corrected chi connectivity index (χ0v) is 25.1. The molecule has 0 spiro atoms. The van der Waals surface area contributed by atoms with Gasteiger partial charge < -0.3 is 15.0 Å². The van der Waals surface area contributed by atoms with E-state index in [1.54, 1.807) is 61.5 Å². The molecular formula is C30H36ClN3O5S. The normalized spacial score (nSPS) is 11.9. The van der Waals surface area contributed by atoms with Crippen LogP contribution < -0.4 is 14.4 Å². The topological polar surface area (TPSA) is 96.0 Å². The van der Waals surface area contributed by atoms with Crippen LogP contribution in [0.4, 0.5) is 5.69 Å². The fourth-order valence-corrected chi connectivity index (χ4v) is 5.89. The molecule has 3 aromatic rings. The van der Waals surface area contributed by atoms with E-state index in [4.69, 9.17) is 16.3 Å². The number of carbonyl (C=O) groups is 2. The minimum Gasteiger partial charge on any atom is -0.495 e. The average Bonchev–Trinajstić information content (AvgIpc) is 2.92. The number of nitrogens with one attached hydrogen (secondary N) is 1. The minimum atomic E-state index is -4.20. The van der Waals surface area contributed by atoms with Gasteiger partial charge in [-0.3, -0.25) is 13.9 Å². The van der Waals surface area contributed by atoms with Crippen molar-refractivity contribution in [2.75, 3.05) is 24.5 Å². The molecule has 0 heterocycles. The lowest BCUT2D eigenvalue weighted by molar-refractivity contribution is -0.140. The number of halogens is 1. The molecule has 0 aromatic heterocycles. The zero-order valence-electron chi connectivity index (χ0n) is 23.5. The maximum atomic E-state index is 14.1. The summed E-state index contributed by atoms with van der Waals surface area (Å²) in [4.78, 5) is 28.6. The van der Waals surface area contributed by atoms with E-state index in [0.717, 1.165) is 21.0 Å². The number of amides is 2. The number of ether oxygens (including phenoxy) is 1. The van der Waals surface area contributed by atoms with Crippen molar-refractivity contribution in [3.63, 3.8) is 0 Å². The molecule has 0 aliphatic rings. The second kappa shape index (κ2) is 13.7. The van der Waals surface area contributed by atoms with Crippen molar-refractivity contribution >= 4 is 39.1 Å². The van der Waals surface area contributed by atoms with Crippen LogP contribution in [-0.4, -0.2) is 51.4 Å². The molecule has 1 N–H and O–H groups in total. The summed E-state index contributed by atoms with van der Waals surface area (Å²) >= 11 is 6.06. The van der Waals surface area contributed by atoms with E-state index in [2.05, 4.69) is 5.32 Å². The van der Waals surface area contributed by atoms with Crippen LogP contribution in [0.3, 0.4) is 0 Å². The Morgan fingerprint density at radius 1 is 0.950 bits per heavy atom. The van der Waals surface area contributed by atoms with Crippen LogP contribution in [0.5, 0.6) is 5.75 Å². The highest BCUT2D eigenvalue weighted by Crippen LogP contribution is 2.34. The monoisotopic (exact) mass is 585 g/mol. The number of rotatable bonds is 12. The van der Waals surface area contributed by atoms with Gasteiger partial charge in [-0.05, 0) is 74.7 Å². The molecule has 214 valence electrons. The maximum absolute atomic E-state index is 14.1. The molecule has 2 amide bonds. The average molecular weight is 586 g/mol. The Hall–Kier alpha value is -3.56. The minimum absolute atomic E-state index is 0.0366. The van der Waals surface area contributed by atoms with Gasteiger partial charge in [0.15, 0.2) is 0 Å². The van der Waals surface area contributed by atoms with Gasteiger partial charge in [-0.15, -0.1) is 0 Å². The van der Waals surface area contributed by atoms with E-state index in [-0.39, 0.29) is 23.0 Å². The maximum Gasteiger partial charge on any atom is 0.264 e. The third kappa shape index (κ3) is 7.34. The largest absolute Gasteiger partial charge is 0.495 e. The molecule has 0 aliphatic carbocycles. The Labute approximate surface area is 241 Å². The van der Waals surface area contributed by atoms with Crippen molar-refractivity contribution in [1.82, 2.24) is 10.2 Å². The van der Waals surface area contributed by atoms with E-state index < -0.39 is 28.5 Å². The lowest BCUT2D eigenvalue weighted by Crippen LogP contribution is -2.52. The number of hydrogen-bond donors (Lipinski definition) is 1. The van der Waals surface area contributed by atoms with Gasteiger partial charge in [0, 0.05) is 18.1 Å². The molecule has 0 radical (unpaired) electrons. The molecular weight excluding hydrogens is 550 g/mol. The first-order chi connectivity index (χ1) is 19.0. The lowest BCUT2D eigenvalue weighted by atomic mass is 10.1. The predicted octanol–water partition coefficient (Wildman–Crippen LogP) is 5.10. The molecule has 0 aliphatic heterocycles.